The average molecular weight is 234 g/mol. The van der Waals surface area contributed by atoms with Crippen LogP contribution in [0.15, 0.2) is 18.2 Å². The standard InChI is InChI=1S/C14H18O3/c1-3-4-5-6-13(15)11-8-7-10(2)12(9-11)14(16)17/h7-9H,3-6H2,1-2H3,(H,16,17). The number of ketones is 1. The van der Waals surface area contributed by atoms with Crippen LogP contribution in [0.25, 0.3) is 0 Å². The second kappa shape index (κ2) is 6.18. The SMILES string of the molecule is CCCCCC(=O)c1ccc(C)c(C(=O)O)c1. The first kappa shape index (κ1) is 13.4. The molecular formula is C14H18O3. The molecule has 1 aromatic carbocycles. The minimum atomic E-state index is -0.981. The van der Waals surface area contributed by atoms with E-state index >= 15 is 0 Å². The molecule has 0 amide bonds. The summed E-state index contributed by atoms with van der Waals surface area (Å²) in [6.07, 6.45) is 3.46. The summed E-state index contributed by atoms with van der Waals surface area (Å²) in [6.45, 7) is 3.81. The first-order valence-corrected chi connectivity index (χ1v) is 5.93. The zero-order chi connectivity index (χ0) is 12.8. The number of carbonyl (C=O) groups is 2. The van der Waals surface area contributed by atoms with Gasteiger partial charge in [-0.05, 0) is 25.0 Å². The lowest BCUT2D eigenvalue weighted by Gasteiger charge is -2.04. The molecule has 0 radical (unpaired) electrons. The summed E-state index contributed by atoms with van der Waals surface area (Å²) in [4.78, 5) is 22.8. The molecule has 3 heteroatoms. The van der Waals surface area contributed by atoms with Gasteiger partial charge in [-0.25, -0.2) is 4.79 Å². The normalized spacial score (nSPS) is 10.2. The maximum Gasteiger partial charge on any atom is 0.335 e. The number of carboxylic acid groups (broad SMARTS) is 1. The average Bonchev–Trinajstić information content (AvgIpc) is 2.29. The first-order chi connectivity index (χ1) is 8.06. The number of aryl methyl sites for hydroxylation is 1. The molecule has 0 heterocycles. The molecule has 0 fully saturated rings. The zero-order valence-corrected chi connectivity index (χ0v) is 10.3. The summed E-state index contributed by atoms with van der Waals surface area (Å²) >= 11 is 0. The molecule has 92 valence electrons. The smallest absolute Gasteiger partial charge is 0.335 e. The molecule has 1 aromatic rings. The van der Waals surface area contributed by atoms with Crippen molar-refractivity contribution in [3.8, 4) is 0 Å². The number of Topliss-reactive ketones (excluding diaryl/α,β-unsaturated/α-hetero) is 1. The van der Waals surface area contributed by atoms with Crippen molar-refractivity contribution < 1.29 is 14.7 Å². The van der Waals surface area contributed by atoms with Gasteiger partial charge < -0.3 is 5.11 Å². The summed E-state index contributed by atoms with van der Waals surface area (Å²) in [5, 5.41) is 8.97. The number of carbonyl (C=O) groups excluding carboxylic acids is 1. The highest BCUT2D eigenvalue weighted by Gasteiger charge is 2.11. The maximum atomic E-state index is 11.8. The highest BCUT2D eigenvalue weighted by Crippen LogP contribution is 2.14. The van der Waals surface area contributed by atoms with Crippen LogP contribution in [0.2, 0.25) is 0 Å². The van der Waals surface area contributed by atoms with Crippen molar-refractivity contribution in [1.29, 1.82) is 0 Å². The van der Waals surface area contributed by atoms with Crippen molar-refractivity contribution in [3.05, 3.63) is 34.9 Å². The molecule has 0 bridgehead atoms. The van der Waals surface area contributed by atoms with Gasteiger partial charge in [-0.3, -0.25) is 4.79 Å². The van der Waals surface area contributed by atoms with E-state index < -0.39 is 5.97 Å². The Bertz CT molecular complexity index is 421. The summed E-state index contributed by atoms with van der Waals surface area (Å²) in [5.41, 5.74) is 1.40. The molecule has 0 saturated heterocycles. The second-order valence-corrected chi connectivity index (χ2v) is 4.22. The first-order valence-electron chi connectivity index (χ1n) is 5.93. The molecule has 0 saturated carbocycles. The molecule has 1 rings (SSSR count). The summed E-state index contributed by atoms with van der Waals surface area (Å²) in [6, 6.07) is 4.87. The Morgan fingerprint density at radius 2 is 1.94 bits per heavy atom. The van der Waals surface area contributed by atoms with Crippen LogP contribution in [0.3, 0.4) is 0 Å². The molecule has 0 aromatic heterocycles. The van der Waals surface area contributed by atoms with Crippen LogP contribution >= 0.6 is 0 Å². The van der Waals surface area contributed by atoms with E-state index in [0.29, 0.717) is 17.5 Å². The van der Waals surface area contributed by atoms with Gasteiger partial charge >= 0.3 is 5.97 Å². The highest BCUT2D eigenvalue weighted by molar-refractivity contribution is 5.99. The van der Waals surface area contributed by atoms with Crippen LogP contribution < -0.4 is 0 Å². The number of benzene rings is 1. The van der Waals surface area contributed by atoms with E-state index in [9.17, 15) is 9.59 Å². The largest absolute Gasteiger partial charge is 0.478 e. The quantitative estimate of drug-likeness (QED) is 0.605. The Labute approximate surface area is 101 Å². The molecule has 0 aliphatic heterocycles. The Balaban J connectivity index is 2.81. The number of hydrogen-bond acceptors (Lipinski definition) is 2. The fourth-order valence-electron chi connectivity index (χ4n) is 1.71. The fraction of sp³-hybridized carbons (Fsp3) is 0.429. The predicted molar refractivity (Wildman–Crippen MR) is 66.6 cm³/mol. The van der Waals surface area contributed by atoms with Gasteiger partial charge in [0.1, 0.15) is 0 Å². The minimum Gasteiger partial charge on any atom is -0.478 e. The van der Waals surface area contributed by atoms with Gasteiger partial charge in [0, 0.05) is 12.0 Å². The summed E-state index contributed by atoms with van der Waals surface area (Å²) < 4.78 is 0. The molecule has 0 aliphatic carbocycles. The Morgan fingerprint density at radius 1 is 1.24 bits per heavy atom. The number of rotatable bonds is 6. The van der Waals surface area contributed by atoms with E-state index in [2.05, 4.69) is 6.92 Å². The summed E-state index contributed by atoms with van der Waals surface area (Å²) in [5.74, 6) is -0.952. The van der Waals surface area contributed by atoms with Gasteiger partial charge in [0.25, 0.3) is 0 Å². The van der Waals surface area contributed by atoms with Gasteiger partial charge in [-0.15, -0.1) is 0 Å². The van der Waals surface area contributed by atoms with E-state index in [1.165, 1.54) is 6.07 Å². The third-order valence-corrected chi connectivity index (χ3v) is 2.80. The van der Waals surface area contributed by atoms with Gasteiger partial charge in [0.05, 0.1) is 5.56 Å². The Kier molecular flexibility index (Phi) is 4.88. The molecule has 3 nitrogen and oxygen atoms in total. The number of carboxylic acids is 1. The lowest BCUT2D eigenvalue weighted by molar-refractivity contribution is 0.0696. The van der Waals surface area contributed by atoms with Crippen LogP contribution in [-0.2, 0) is 0 Å². The van der Waals surface area contributed by atoms with Gasteiger partial charge in [-0.1, -0.05) is 31.9 Å². The van der Waals surface area contributed by atoms with Crippen molar-refractivity contribution in [2.75, 3.05) is 0 Å². The molecule has 1 N–H and O–H groups in total. The van der Waals surface area contributed by atoms with Crippen LogP contribution in [0.4, 0.5) is 0 Å². The Morgan fingerprint density at radius 3 is 2.53 bits per heavy atom. The molecule has 0 atom stereocenters. The second-order valence-electron chi connectivity index (χ2n) is 4.22. The van der Waals surface area contributed by atoms with Gasteiger partial charge in [0.15, 0.2) is 5.78 Å². The lowest BCUT2D eigenvalue weighted by Crippen LogP contribution is -2.05. The van der Waals surface area contributed by atoms with Crippen LogP contribution in [0.5, 0.6) is 0 Å². The maximum absolute atomic E-state index is 11.8. The van der Waals surface area contributed by atoms with Gasteiger partial charge in [-0.2, -0.15) is 0 Å². The highest BCUT2D eigenvalue weighted by atomic mass is 16.4. The summed E-state index contributed by atoms with van der Waals surface area (Å²) in [7, 11) is 0. The van der Waals surface area contributed by atoms with E-state index in [-0.39, 0.29) is 11.3 Å². The monoisotopic (exact) mass is 234 g/mol. The van der Waals surface area contributed by atoms with E-state index in [1.807, 2.05) is 0 Å². The van der Waals surface area contributed by atoms with E-state index in [1.54, 1.807) is 19.1 Å². The molecule has 0 aliphatic rings. The van der Waals surface area contributed by atoms with Crippen molar-refractivity contribution in [1.82, 2.24) is 0 Å². The van der Waals surface area contributed by atoms with Gasteiger partial charge in [0.2, 0.25) is 0 Å². The fourth-order valence-corrected chi connectivity index (χ4v) is 1.71. The molecule has 17 heavy (non-hydrogen) atoms. The van der Waals surface area contributed by atoms with Crippen molar-refractivity contribution in [2.24, 2.45) is 0 Å². The Hall–Kier alpha value is -1.64. The number of hydrogen-bond donors (Lipinski definition) is 1. The van der Waals surface area contributed by atoms with Crippen LogP contribution in [0.1, 0.15) is 58.9 Å². The van der Waals surface area contributed by atoms with Crippen LogP contribution in [0, 0.1) is 6.92 Å². The number of aromatic carboxylic acids is 1. The molecular weight excluding hydrogens is 216 g/mol. The topological polar surface area (TPSA) is 54.4 Å². The van der Waals surface area contributed by atoms with E-state index in [4.69, 9.17) is 5.11 Å². The molecule has 0 spiro atoms. The van der Waals surface area contributed by atoms with Crippen molar-refractivity contribution in [3.63, 3.8) is 0 Å². The third kappa shape index (κ3) is 3.70. The zero-order valence-electron chi connectivity index (χ0n) is 10.3. The minimum absolute atomic E-state index is 0.0287. The van der Waals surface area contributed by atoms with Crippen molar-refractivity contribution >= 4 is 11.8 Å². The third-order valence-electron chi connectivity index (χ3n) is 2.80. The lowest BCUT2D eigenvalue weighted by atomic mass is 10.00. The van der Waals surface area contributed by atoms with E-state index in [0.717, 1.165) is 19.3 Å². The van der Waals surface area contributed by atoms with Crippen LogP contribution in [-0.4, -0.2) is 16.9 Å². The number of unbranched alkanes of at least 4 members (excludes halogenated alkanes) is 2. The predicted octanol–water partition coefficient (Wildman–Crippen LogP) is 3.46. The molecule has 0 unspecified atom stereocenters. The van der Waals surface area contributed by atoms with Crippen molar-refractivity contribution in [2.45, 2.75) is 39.5 Å².